The van der Waals surface area contributed by atoms with Crippen LogP contribution in [0.15, 0.2) is 58.5 Å². The van der Waals surface area contributed by atoms with Crippen LogP contribution in [0.4, 0.5) is 10.1 Å². The molecule has 2 heterocycles. The summed E-state index contributed by atoms with van der Waals surface area (Å²) in [5.74, 6) is 0.429. The first-order valence-electron chi connectivity index (χ1n) is 11.3. The fourth-order valence-corrected chi connectivity index (χ4v) is 5.43. The lowest BCUT2D eigenvalue weighted by Gasteiger charge is -2.25. The van der Waals surface area contributed by atoms with E-state index in [-0.39, 0.29) is 30.1 Å². The Morgan fingerprint density at radius 1 is 1.09 bits per heavy atom. The van der Waals surface area contributed by atoms with E-state index in [2.05, 4.69) is 10.3 Å². The van der Waals surface area contributed by atoms with Gasteiger partial charge in [0.2, 0.25) is 5.91 Å². The maximum atomic E-state index is 13.3. The van der Waals surface area contributed by atoms with Gasteiger partial charge in [-0.1, -0.05) is 55.3 Å². The van der Waals surface area contributed by atoms with Gasteiger partial charge in [0.1, 0.15) is 17.7 Å². The van der Waals surface area contributed by atoms with Crippen molar-refractivity contribution in [2.45, 2.75) is 56.4 Å². The van der Waals surface area contributed by atoms with Crippen LogP contribution in [0, 0.1) is 5.82 Å². The SMILES string of the molecule is O=C(C[C@H]1N=C2c3ccccc3N=C(SCc3ccc(F)cc3)N2C1=O)NC1CCCCC1. The quantitative estimate of drug-likeness (QED) is 0.705. The maximum absolute atomic E-state index is 13.3. The Balaban J connectivity index is 1.34. The molecule has 1 saturated carbocycles. The highest BCUT2D eigenvalue weighted by molar-refractivity contribution is 8.13. The van der Waals surface area contributed by atoms with Crippen molar-refractivity contribution in [2.75, 3.05) is 0 Å². The largest absolute Gasteiger partial charge is 0.353 e. The number of carbonyl (C=O) groups is 2. The first-order valence-corrected chi connectivity index (χ1v) is 12.3. The summed E-state index contributed by atoms with van der Waals surface area (Å²) in [7, 11) is 0. The minimum atomic E-state index is -0.758. The second kappa shape index (κ2) is 9.47. The topological polar surface area (TPSA) is 74.1 Å². The zero-order valence-corrected chi connectivity index (χ0v) is 19.0. The second-order valence-corrected chi connectivity index (χ2v) is 9.52. The summed E-state index contributed by atoms with van der Waals surface area (Å²) in [6, 6.07) is 13.3. The molecule has 1 fully saturated rings. The molecule has 1 atom stereocenters. The van der Waals surface area contributed by atoms with E-state index in [1.165, 1.54) is 35.2 Å². The third-order valence-electron chi connectivity index (χ3n) is 6.18. The zero-order valence-electron chi connectivity index (χ0n) is 18.2. The molecule has 0 unspecified atom stereocenters. The third-order valence-corrected chi connectivity index (χ3v) is 7.19. The van der Waals surface area contributed by atoms with Crippen LogP contribution in [0.25, 0.3) is 0 Å². The van der Waals surface area contributed by atoms with Crippen molar-refractivity contribution in [3.05, 3.63) is 65.5 Å². The standard InChI is InChI=1S/C25H25FN4O2S/c26-17-12-10-16(11-13-17)15-33-25-29-20-9-5-4-8-19(20)23-28-21(24(32)30(23)25)14-22(31)27-18-6-2-1-3-7-18/h4-5,8-13,18,21H,1-3,6-7,14-15H2,(H,27,31)/t21-/m1/s1. The predicted octanol–water partition coefficient (Wildman–Crippen LogP) is 4.56. The first-order chi connectivity index (χ1) is 16.1. The number of hydrogen-bond acceptors (Lipinski definition) is 5. The average molecular weight is 465 g/mol. The van der Waals surface area contributed by atoms with Gasteiger partial charge in [0.05, 0.1) is 12.1 Å². The van der Waals surface area contributed by atoms with Gasteiger partial charge in [-0.15, -0.1) is 0 Å². The number of thioether (sulfide) groups is 1. The average Bonchev–Trinajstić information content (AvgIpc) is 3.15. The highest BCUT2D eigenvalue weighted by Gasteiger charge is 2.42. The molecule has 0 radical (unpaired) electrons. The number of halogens is 1. The van der Waals surface area contributed by atoms with Crippen molar-refractivity contribution in [3.8, 4) is 0 Å². The van der Waals surface area contributed by atoms with E-state index >= 15 is 0 Å². The molecule has 2 aromatic rings. The van der Waals surface area contributed by atoms with Crippen LogP contribution in [0.3, 0.4) is 0 Å². The van der Waals surface area contributed by atoms with Crippen molar-refractivity contribution >= 4 is 40.3 Å². The van der Waals surface area contributed by atoms with Crippen molar-refractivity contribution in [2.24, 2.45) is 9.98 Å². The van der Waals surface area contributed by atoms with Gasteiger partial charge in [0.15, 0.2) is 5.17 Å². The normalized spacial score (nSPS) is 20.1. The highest BCUT2D eigenvalue weighted by atomic mass is 32.2. The number of aliphatic imine (C=N–C) groups is 2. The number of benzene rings is 2. The minimum Gasteiger partial charge on any atom is -0.353 e. The molecule has 2 amide bonds. The third kappa shape index (κ3) is 4.71. The summed E-state index contributed by atoms with van der Waals surface area (Å²) in [6.07, 6.45) is 5.50. The molecule has 3 aliphatic rings. The molecule has 6 nitrogen and oxygen atoms in total. The summed E-state index contributed by atoms with van der Waals surface area (Å²) in [5, 5.41) is 3.61. The van der Waals surface area contributed by atoms with E-state index in [1.54, 1.807) is 12.1 Å². The van der Waals surface area contributed by atoms with Crippen LogP contribution in [-0.4, -0.2) is 39.8 Å². The second-order valence-electron chi connectivity index (χ2n) is 8.58. The van der Waals surface area contributed by atoms with Crippen LogP contribution in [-0.2, 0) is 15.3 Å². The van der Waals surface area contributed by atoms with Crippen LogP contribution < -0.4 is 5.32 Å². The molecule has 0 saturated heterocycles. The molecule has 2 aromatic carbocycles. The maximum Gasteiger partial charge on any atom is 0.259 e. The predicted molar refractivity (Wildman–Crippen MR) is 128 cm³/mol. The number of amides is 2. The van der Waals surface area contributed by atoms with Gasteiger partial charge >= 0.3 is 0 Å². The van der Waals surface area contributed by atoms with E-state index in [1.807, 2.05) is 24.3 Å². The molecule has 33 heavy (non-hydrogen) atoms. The lowest BCUT2D eigenvalue weighted by Crippen LogP contribution is -2.43. The van der Waals surface area contributed by atoms with Gasteiger partial charge in [0.25, 0.3) is 5.91 Å². The molecule has 1 aliphatic carbocycles. The fourth-order valence-electron chi connectivity index (χ4n) is 4.47. The van der Waals surface area contributed by atoms with Crippen molar-refractivity contribution in [1.29, 1.82) is 0 Å². The van der Waals surface area contributed by atoms with Crippen LogP contribution >= 0.6 is 11.8 Å². The number of nitrogens with zero attached hydrogens (tertiary/aromatic N) is 3. The smallest absolute Gasteiger partial charge is 0.259 e. The van der Waals surface area contributed by atoms with Gasteiger partial charge in [-0.05, 0) is 42.7 Å². The monoisotopic (exact) mass is 464 g/mol. The van der Waals surface area contributed by atoms with Crippen LogP contribution in [0.5, 0.6) is 0 Å². The Kier molecular flexibility index (Phi) is 6.26. The molecular formula is C25H25FN4O2S. The number of carbonyl (C=O) groups excluding carboxylic acids is 2. The Bertz CT molecular complexity index is 1130. The molecule has 0 spiro atoms. The number of para-hydroxylation sites is 1. The Morgan fingerprint density at radius 3 is 2.64 bits per heavy atom. The van der Waals surface area contributed by atoms with Crippen LogP contribution in [0.2, 0.25) is 0 Å². The molecule has 8 heteroatoms. The van der Waals surface area contributed by atoms with E-state index in [9.17, 15) is 14.0 Å². The van der Waals surface area contributed by atoms with E-state index in [0.29, 0.717) is 16.8 Å². The Morgan fingerprint density at radius 2 is 1.85 bits per heavy atom. The van der Waals surface area contributed by atoms with Gasteiger partial charge < -0.3 is 5.32 Å². The number of rotatable bonds is 5. The lowest BCUT2D eigenvalue weighted by atomic mass is 9.95. The summed E-state index contributed by atoms with van der Waals surface area (Å²) in [4.78, 5) is 36.9. The molecule has 0 aromatic heterocycles. The summed E-state index contributed by atoms with van der Waals surface area (Å²) >= 11 is 1.40. The van der Waals surface area contributed by atoms with Gasteiger partial charge in [-0.25, -0.2) is 14.3 Å². The van der Waals surface area contributed by atoms with Gasteiger partial charge in [-0.2, -0.15) is 0 Å². The number of amidine groups is 2. The molecule has 5 rings (SSSR count). The van der Waals surface area contributed by atoms with Gasteiger partial charge in [-0.3, -0.25) is 14.6 Å². The zero-order chi connectivity index (χ0) is 22.8. The van der Waals surface area contributed by atoms with Crippen molar-refractivity contribution < 1.29 is 14.0 Å². The summed E-state index contributed by atoms with van der Waals surface area (Å²) in [5.41, 5.74) is 2.46. The van der Waals surface area contributed by atoms with Crippen molar-refractivity contribution in [1.82, 2.24) is 10.2 Å². The number of hydrogen-bond donors (Lipinski definition) is 1. The molecule has 170 valence electrons. The fraction of sp³-hybridized carbons (Fsp3) is 0.360. The van der Waals surface area contributed by atoms with E-state index in [0.717, 1.165) is 42.5 Å². The first kappa shape index (κ1) is 21.8. The molecule has 1 N–H and O–H groups in total. The molecule has 2 aliphatic heterocycles. The van der Waals surface area contributed by atoms with Crippen molar-refractivity contribution in [3.63, 3.8) is 0 Å². The lowest BCUT2D eigenvalue weighted by molar-refractivity contribution is -0.129. The number of fused-ring (bicyclic) bond motifs is 3. The Hall–Kier alpha value is -3.00. The molecular weight excluding hydrogens is 439 g/mol. The summed E-state index contributed by atoms with van der Waals surface area (Å²) in [6.45, 7) is 0. The molecule has 0 bridgehead atoms. The summed E-state index contributed by atoms with van der Waals surface area (Å²) < 4.78 is 13.2. The van der Waals surface area contributed by atoms with E-state index < -0.39 is 6.04 Å². The minimum absolute atomic E-state index is 0.0351. The number of nitrogens with one attached hydrogen (secondary N) is 1. The van der Waals surface area contributed by atoms with Crippen LogP contribution in [0.1, 0.15) is 49.7 Å². The van der Waals surface area contributed by atoms with Gasteiger partial charge in [0, 0.05) is 17.4 Å². The van der Waals surface area contributed by atoms with E-state index in [4.69, 9.17) is 4.99 Å². The highest BCUT2D eigenvalue weighted by Crippen LogP contribution is 2.35. The Labute approximate surface area is 196 Å².